The van der Waals surface area contributed by atoms with E-state index in [1.54, 1.807) is 0 Å². The largest absolute Gasteiger partial charge is 0.343 e. The van der Waals surface area contributed by atoms with Gasteiger partial charge in [0.1, 0.15) is 0 Å². The van der Waals surface area contributed by atoms with Gasteiger partial charge in [0.05, 0.1) is 23.8 Å². The van der Waals surface area contributed by atoms with Crippen molar-refractivity contribution < 1.29 is 0 Å². The molecule has 0 spiro atoms. The number of pyridine rings is 1. The molecule has 1 aliphatic rings. The molecule has 0 radical (unpaired) electrons. The van der Waals surface area contributed by atoms with Crippen LogP contribution in [0.5, 0.6) is 0 Å². The van der Waals surface area contributed by atoms with E-state index in [0.717, 1.165) is 23.8 Å². The summed E-state index contributed by atoms with van der Waals surface area (Å²) in [6.07, 6.45) is 1.91. The summed E-state index contributed by atoms with van der Waals surface area (Å²) in [5.74, 6) is 0.975. The number of hydrogen-bond donors (Lipinski definition) is 1. The monoisotopic (exact) mass is 175 g/mol. The van der Waals surface area contributed by atoms with Crippen LogP contribution in [0.15, 0.2) is 11.2 Å². The van der Waals surface area contributed by atoms with Crippen molar-refractivity contribution in [3.8, 4) is 0 Å². The maximum atomic E-state index is 4.35. The van der Waals surface area contributed by atoms with Crippen LogP contribution in [0.2, 0.25) is 0 Å². The number of anilines is 1. The molecule has 0 saturated carbocycles. The van der Waals surface area contributed by atoms with Crippen LogP contribution in [-0.2, 0) is 6.54 Å². The first-order valence-corrected chi connectivity index (χ1v) is 4.41. The number of aromatic nitrogens is 1. The van der Waals surface area contributed by atoms with E-state index in [1.165, 1.54) is 11.1 Å². The van der Waals surface area contributed by atoms with Crippen molar-refractivity contribution in [1.82, 2.24) is 4.98 Å². The summed E-state index contributed by atoms with van der Waals surface area (Å²) in [5, 5.41) is 3.26. The molecule has 68 valence electrons. The lowest BCUT2D eigenvalue weighted by atomic mass is 10.1. The lowest BCUT2D eigenvalue weighted by molar-refractivity contribution is 0.995. The summed E-state index contributed by atoms with van der Waals surface area (Å²) in [4.78, 5) is 8.66. The first kappa shape index (κ1) is 8.23. The van der Waals surface area contributed by atoms with Crippen molar-refractivity contribution in [2.24, 2.45) is 4.99 Å². The highest BCUT2D eigenvalue weighted by Gasteiger charge is 2.13. The van der Waals surface area contributed by atoms with Crippen molar-refractivity contribution >= 4 is 11.5 Å². The number of aliphatic imine (C=N–C) groups is 1. The van der Waals surface area contributed by atoms with Crippen molar-refractivity contribution in [2.45, 2.75) is 27.3 Å². The normalized spacial score (nSPS) is 14.5. The minimum Gasteiger partial charge on any atom is -0.343 e. The first-order valence-electron chi connectivity index (χ1n) is 4.41. The van der Waals surface area contributed by atoms with Gasteiger partial charge in [0.15, 0.2) is 0 Å². The third kappa shape index (κ3) is 1.30. The molecule has 0 saturated heterocycles. The van der Waals surface area contributed by atoms with Crippen LogP contribution in [-0.4, -0.2) is 10.8 Å². The number of hydrogen-bond acceptors (Lipinski definition) is 3. The van der Waals surface area contributed by atoms with Crippen LogP contribution in [0.4, 0.5) is 5.69 Å². The van der Waals surface area contributed by atoms with Crippen molar-refractivity contribution in [3.05, 3.63) is 23.0 Å². The van der Waals surface area contributed by atoms with Crippen LogP contribution in [0.25, 0.3) is 0 Å². The fraction of sp³-hybridized carbons (Fsp3) is 0.400. The van der Waals surface area contributed by atoms with Crippen LogP contribution < -0.4 is 5.32 Å². The Hall–Kier alpha value is -1.38. The Morgan fingerprint density at radius 2 is 2.08 bits per heavy atom. The van der Waals surface area contributed by atoms with Gasteiger partial charge in [-0.25, -0.2) is 0 Å². The van der Waals surface area contributed by atoms with Crippen LogP contribution >= 0.6 is 0 Å². The highest BCUT2D eigenvalue weighted by Crippen LogP contribution is 2.25. The van der Waals surface area contributed by atoms with Gasteiger partial charge in [-0.15, -0.1) is 0 Å². The molecule has 2 heterocycles. The number of nitrogens with zero attached hydrogens (tertiary/aromatic N) is 2. The fourth-order valence-electron chi connectivity index (χ4n) is 1.54. The topological polar surface area (TPSA) is 37.3 Å². The molecular weight excluding hydrogens is 162 g/mol. The van der Waals surface area contributed by atoms with E-state index >= 15 is 0 Å². The van der Waals surface area contributed by atoms with E-state index in [0.29, 0.717) is 0 Å². The van der Waals surface area contributed by atoms with Gasteiger partial charge in [0.2, 0.25) is 0 Å². The Bertz CT molecular complexity index is 380. The van der Waals surface area contributed by atoms with Gasteiger partial charge in [0, 0.05) is 11.8 Å². The third-order valence-electron chi connectivity index (χ3n) is 2.37. The molecule has 3 heteroatoms. The summed E-state index contributed by atoms with van der Waals surface area (Å²) in [6.45, 7) is 6.85. The zero-order valence-corrected chi connectivity index (χ0v) is 8.18. The van der Waals surface area contributed by atoms with Crippen LogP contribution in [0, 0.1) is 13.8 Å². The van der Waals surface area contributed by atoms with E-state index < -0.39 is 0 Å². The second-order valence-corrected chi connectivity index (χ2v) is 3.41. The minimum absolute atomic E-state index is 0.781. The number of amidine groups is 1. The Morgan fingerprint density at radius 1 is 1.31 bits per heavy atom. The van der Waals surface area contributed by atoms with Crippen molar-refractivity contribution in [3.63, 3.8) is 0 Å². The summed E-state index contributed by atoms with van der Waals surface area (Å²) < 4.78 is 0. The third-order valence-corrected chi connectivity index (χ3v) is 2.37. The molecule has 0 fully saturated rings. The van der Waals surface area contributed by atoms with Gasteiger partial charge in [-0.05, 0) is 26.3 Å². The number of nitrogens with one attached hydrogen (secondary N) is 1. The molecular formula is C10H13N3. The lowest BCUT2D eigenvalue weighted by Gasteiger charge is -2.19. The number of rotatable bonds is 0. The molecule has 0 aromatic carbocycles. The Balaban J connectivity index is 2.56. The van der Waals surface area contributed by atoms with E-state index in [4.69, 9.17) is 0 Å². The van der Waals surface area contributed by atoms with E-state index in [9.17, 15) is 0 Å². The quantitative estimate of drug-likeness (QED) is 0.655. The predicted octanol–water partition coefficient (Wildman–Crippen LogP) is 2.04. The van der Waals surface area contributed by atoms with Gasteiger partial charge < -0.3 is 5.32 Å². The van der Waals surface area contributed by atoms with Crippen LogP contribution in [0.1, 0.15) is 23.7 Å². The first-order chi connectivity index (χ1) is 6.18. The fourth-order valence-corrected chi connectivity index (χ4v) is 1.54. The maximum Gasteiger partial charge on any atom is 0.0980 e. The highest BCUT2D eigenvalue weighted by atomic mass is 15.0. The van der Waals surface area contributed by atoms with Gasteiger partial charge in [-0.1, -0.05) is 0 Å². The van der Waals surface area contributed by atoms with Gasteiger partial charge >= 0.3 is 0 Å². The van der Waals surface area contributed by atoms with E-state index in [-0.39, 0.29) is 0 Å². The standard InChI is InChI=1S/C10H13N3/c1-6-4-11-7(2)10-9(6)5-12-8(3)13-10/h4H,5H2,1-3H3,(H,12,13). The highest BCUT2D eigenvalue weighted by molar-refractivity contribution is 5.96. The SMILES string of the molecule is CC1=NCc2c(C)cnc(C)c2N1. The number of aryl methyl sites for hydroxylation is 2. The maximum absolute atomic E-state index is 4.35. The average molecular weight is 175 g/mol. The number of fused-ring (bicyclic) bond motifs is 1. The average Bonchev–Trinajstić information content (AvgIpc) is 2.12. The molecule has 1 aromatic heterocycles. The Morgan fingerprint density at radius 3 is 2.85 bits per heavy atom. The lowest BCUT2D eigenvalue weighted by Crippen LogP contribution is -2.16. The predicted molar refractivity (Wildman–Crippen MR) is 54.1 cm³/mol. The summed E-state index contributed by atoms with van der Waals surface area (Å²) >= 11 is 0. The molecule has 3 nitrogen and oxygen atoms in total. The molecule has 0 unspecified atom stereocenters. The van der Waals surface area contributed by atoms with Crippen molar-refractivity contribution in [1.29, 1.82) is 0 Å². The summed E-state index contributed by atoms with van der Waals surface area (Å²) in [7, 11) is 0. The van der Waals surface area contributed by atoms with Crippen molar-refractivity contribution in [2.75, 3.05) is 5.32 Å². The summed E-state index contributed by atoms with van der Waals surface area (Å²) in [5.41, 5.74) is 4.69. The molecule has 1 aromatic rings. The molecule has 13 heavy (non-hydrogen) atoms. The molecule has 0 amide bonds. The van der Waals surface area contributed by atoms with E-state index in [1.807, 2.05) is 20.0 Å². The Kier molecular flexibility index (Phi) is 1.79. The smallest absolute Gasteiger partial charge is 0.0980 e. The molecule has 2 rings (SSSR count). The van der Waals surface area contributed by atoms with Gasteiger partial charge in [-0.3, -0.25) is 9.98 Å². The summed E-state index contributed by atoms with van der Waals surface area (Å²) in [6, 6.07) is 0. The zero-order chi connectivity index (χ0) is 9.42. The second kappa shape index (κ2) is 2.83. The second-order valence-electron chi connectivity index (χ2n) is 3.41. The van der Waals surface area contributed by atoms with Gasteiger partial charge in [0.25, 0.3) is 0 Å². The molecule has 0 bridgehead atoms. The molecule has 1 N–H and O–H groups in total. The van der Waals surface area contributed by atoms with Crippen LogP contribution in [0.3, 0.4) is 0 Å². The molecule has 1 aliphatic heterocycles. The zero-order valence-electron chi connectivity index (χ0n) is 8.18. The van der Waals surface area contributed by atoms with Gasteiger partial charge in [-0.2, -0.15) is 0 Å². The minimum atomic E-state index is 0.781. The molecule has 0 aliphatic carbocycles. The van der Waals surface area contributed by atoms with E-state index in [2.05, 4.69) is 22.2 Å². The molecule has 0 atom stereocenters. The Labute approximate surface area is 77.9 Å².